The van der Waals surface area contributed by atoms with E-state index in [-0.39, 0.29) is 22.7 Å². The van der Waals surface area contributed by atoms with Crippen LogP contribution in [-0.4, -0.2) is 64.0 Å². The lowest BCUT2D eigenvalue weighted by Crippen LogP contribution is -2.54. The minimum atomic E-state index is -0.226. The van der Waals surface area contributed by atoms with Gasteiger partial charge in [-0.1, -0.05) is 0 Å². The molecular formula is C17H27N3O2S. The third-order valence-corrected chi connectivity index (χ3v) is 7.43. The molecule has 2 unspecified atom stereocenters. The molecule has 2 atom stereocenters. The zero-order valence-electron chi connectivity index (χ0n) is 13.9. The number of hydrogen-bond donors (Lipinski definition) is 1. The van der Waals surface area contributed by atoms with E-state index < -0.39 is 0 Å². The van der Waals surface area contributed by atoms with Crippen molar-refractivity contribution in [1.82, 2.24) is 15.1 Å². The Labute approximate surface area is 142 Å². The van der Waals surface area contributed by atoms with Crippen LogP contribution >= 0.6 is 11.8 Å². The summed E-state index contributed by atoms with van der Waals surface area (Å²) in [5, 5.41) is 3.66. The molecule has 0 radical (unpaired) electrons. The summed E-state index contributed by atoms with van der Waals surface area (Å²) in [4.78, 5) is 28.9. The Morgan fingerprint density at radius 2 is 2.04 bits per heavy atom. The van der Waals surface area contributed by atoms with Gasteiger partial charge in [-0.25, -0.2) is 0 Å². The molecule has 1 aliphatic carbocycles. The van der Waals surface area contributed by atoms with Crippen LogP contribution in [-0.2, 0) is 9.59 Å². The van der Waals surface area contributed by atoms with Crippen LogP contribution in [0.5, 0.6) is 0 Å². The molecule has 3 heterocycles. The van der Waals surface area contributed by atoms with Gasteiger partial charge in [0.15, 0.2) is 0 Å². The lowest BCUT2D eigenvalue weighted by Gasteiger charge is -2.36. The number of carbonyl (C=O) groups excluding carboxylic acids is 2. The summed E-state index contributed by atoms with van der Waals surface area (Å²) in [6.45, 7) is 4.94. The summed E-state index contributed by atoms with van der Waals surface area (Å²) in [6.07, 6.45) is 6.33. The quantitative estimate of drug-likeness (QED) is 0.843. The first-order valence-corrected chi connectivity index (χ1v) is 10.0. The first kappa shape index (κ1) is 15.8. The van der Waals surface area contributed by atoms with Crippen LogP contribution in [0.25, 0.3) is 0 Å². The molecule has 4 fully saturated rings. The Balaban J connectivity index is 1.32. The predicted octanol–water partition coefficient (Wildman–Crippen LogP) is 1.43. The maximum Gasteiger partial charge on any atom is 0.246 e. The number of fused-ring (bicyclic) bond motifs is 1. The second-order valence-electron chi connectivity index (χ2n) is 7.72. The van der Waals surface area contributed by atoms with Crippen LogP contribution in [0.15, 0.2) is 0 Å². The Morgan fingerprint density at radius 3 is 2.74 bits per heavy atom. The number of hydrogen-bond acceptors (Lipinski definition) is 4. The number of piperidine rings is 1. The van der Waals surface area contributed by atoms with Gasteiger partial charge in [0.25, 0.3) is 0 Å². The van der Waals surface area contributed by atoms with E-state index in [9.17, 15) is 9.59 Å². The van der Waals surface area contributed by atoms with Crippen molar-refractivity contribution in [3.63, 3.8) is 0 Å². The molecule has 0 aromatic heterocycles. The molecule has 0 bridgehead atoms. The van der Waals surface area contributed by atoms with Crippen LogP contribution in [0.3, 0.4) is 0 Å². The fourth-order valence-corrected chi connectivity index (χ4v) is 5.60. The van der Waals surface area contributed by atoms with E-state index in [1.165, 1.54) is 12.8 Å². The topological polar surface area (TPSA) is 52.7 Å². The molecule has 2 amide bonds. The average molecular weight is 337 g/mol. The highest BCUT2D eigenvalue weighted by Crippen LogP contribution is 2.47. The van der Waals surface area contributed by atoms with Gasteiger partial charge in [0.1, 0.15) is 6.04 Å². The fourth-order valence-electron chi connectivity index (χ4n) is 4.17. The standard InChI is InChI=1S/C17H27N3O2S/c1-17-7-4-15(21)20(17)14(11-23-17)16(22)19-8-5-13(6-9-19)18-10-12-2-3-12/h12-14,18H,2-11H2,1H3. The van der Waals surface area contributed by atoms with Crippen molar-refractivity contribution in [3.8, 4) is 0 Å². The largest absolute Gasteiger partial charge is 0.341 e. The Bertz CT molecular complexity index is 502. The Hall–Kier alpha value is -0.750. The van der Waals surface area contributed by atoms with Gasteiger partial charge in [0.2, 0.25) is 11.8 Å². The van der Waals surface area contributed by atoms with E-state index in [4.69, 9.17) is 0 Å². The van der Waals surface area contributed by atoms with E-state index >= 15 is 0 Å². The molecular weight excluding hydrogens is 310 g/mol. The molecule has 4 rings (SSSR count). The fraction of sp³-hybridized carbons (Fsp3) is 0.882. The van der Waals surface area contributed by atoms with Crippen LogP contribution < -0.4 is 5.32 Å². The van der Waals surface area contributed by atoms with Crippen molar-refractivity contribution in [2.45, 2.75) is 62.4 Å². The van der Waals surface area contributed by atoms with Crippen molar-refractivity contribution in [1.29, 1.82) is 0 Å². The summed E-state index contributed by atoms with van der Waals surface area (Å²) in [7, 11) is 0. The zero-order chi connectivity index (χ0) is 16.0. The number of amides is 2. The third-order valence-electron chi connectivity index (χ3n) is 5.93. The first-order valence-electron chi connectivity index (χ1n) is 9.05. The van der Waals surface area contributed by atoms with E-state index in [2.05, 4.69) is 12.2 Å². The minimum absolute atomic E-state index is 0.137. The molecule has 3 aliphatic heterocycles. The van der Waals surface area contributed by atoms with Crippen LogP contribution in [0.4, 0.5) is 0 Å². The zero-order valence-corrected chi connectivity index (χ0v) is 14.7. The van der Waals surface area contributed by atoms with E-state index in [1.807, 2.05) is 9.80 Å². The molecule has 0 aromatic rings. The number of carbonyl (C=O) groups is 2. The highest BCUT2D eigenvalue weighted by Gasteiger charge is 2.53. The Kier molecular flexibility index (Phi) is 4.08. The lowest BCUT2D eigenvalue weighted by atomic mass is 10.0. The van der Waals surface area contributed by atoms with Crippen molar-refractivity contribution < 1.29 is 9.59 Å². The second-order valence-corrected chi connectivity index (χ2v) is 9.22. The highest BCUT2D eigenvalue weighted by molar-refractivity contribution is 8.01. The summed E-state index contributed by atoms with van der Waals surface area (Å²) >= 11 is 1.78. The molecule has 3 saturated heterocycles. The minimum Gasteiger partial charge on any atom is -0.341 e. The summed E-state index contributed by atoms with van der Waals surface area (Å²) in [5.74, 6) is 2.01. The van der Waals surface area contributed by atoms with E-state index in [0.717, 1.165) is 50.6 Å². The van der Waals surface area contributed by atoms with Gasteiger partial charge >= 0.3 is 0 Å². The van der Waals surface area contributed by atoms with Gasteiger partial charge in [-0.05, 0) is 51.5 Å². The summed E-state index contributed by atoms with van der Waals surface area (Å²) < 4.78 is 0. The van der Waals surface area contributed by atoms with Crippen molar-refractivity contribution in [3.05, 3.63) is 0 Å². The highest BCUT2D eigenvalue weighted by atomic mass is 32.2. The number of likely N-dealkylation sites (tertiary alicyclic amines) is 1. The maximum atomic E-state index is 12.9. The van der Waals surface area contributed by atoms with Gasteiger partial charge in [-0.3, -0.25) is 9.59 Å². The summed E-state index contributed by atoms with van der Waals surface area (Å²) in [6, 6.07) is 0.340. The maximum absolute atomic E-state index is 12.9. The van der Waals surface area contributed by atoms with Crippen LogP contribution in [0.1, 0.15) is 45.4 Å². The number of nitrogens with zero attached hydrogens (tertiary/aromatic N) is 2. The van der Waals surface area contributed by atoms with Crippen LogP contribution in [0.2, 0.25) is 0 Å². The normalized spacial score (nSPS) is 35.0. The molecule has 23 heavy (non-hydrogen) atoms. The number of nitrogens with one attached hydrogen (secondary N) is 1. The van der Waals surface area contributed by atoms with Gasteiger partial charge < -0.3 is 15.1 Å². The molecule has 4 aliphatic rings. The Morgan fingerprint density at radius 1 is 1.30 bits per heavy atom. The molecule has 128 valence electrons. The smallest absolute Gasteiger partial charge is 0.246 e. The molecule has 0 aromatic carbocycles. The molecule has 1 N–H and O–H groups in total. The van der Waals surface area contributed by atoms with Gasteiger partial charge in [-0.15, -0.1) is 11.8 Å². The molecule has 1 saturated carbocycles. The van der Waals surface area contributed by atoms with Gasteiger partial charge in [0.05, 0.1) is 4.87 Å². The lowest BCUT2D eigenvalue weighted by molar-refractivity contribution is -0.144. The second kappa shape index (κ2) is 5.96. The third kappa shape index (κ3) is 3.00. The average Bonchev–Trinajstić information content (AvgIpc) is 3.26. The van der Waals surface area contributed by atoms with Gasteiger partial charge in [0, 0.05) is 31.3 Å². The van der Waals surface area contributed by atoms with E-state index in [1.54, 1.807) is 11.8 Å². The van der Waals surface area contributed by atoms with Crippen molar-refractivity contribution >= 4 is 23.6 Å². The van der Waals surface area contributed by atoms with Crippen molar-refractivity contribution in [2.24, 2.45) is 5.92 Å². The number of thioether (sulfide) groups is 1. The summed E-state index contributed by atoms with van der Waals surface area (Å²) in [5.41, 5.74) is 0. The monoisotopic (exact) mass is 337 g/mol. The van der Waals surface area contributed by atoms with Gasteiger partial charge in [-0.2, -0.15) is 0 Å². The SMILES string of the molecule is CC12CCC(=O)N1C(C(=O)N1CCC(NCC3CC3)CC1)CS2. The predicted molar refractivity (Wildman–Crippen MR) is 91.1 cm³/mol. The first-order chi connectivity index (χ1) is 11.1. The van der Waals surface area contributed by atoms with Crippen molar-refractivity contribution in [2.75, 3.05) is 25.4 Å². The number of rotatable bonds is 4. The molecule has 5 nitrogen and oxygen atoms in total. The van der Waals surface area contributed by atoms with E-state index in [0.29, 0.717) is 12.5 Å². The van der Waals surface area contributed by atoms with Crippen LogP contribution in [0, 0.1) is 5.92 Å². The molecule has 6 heteroatoms. The molecule has 0 spiro atoms.